The van der Waals surface area contributed by atoms with Gasteiger partial charge in [-0.3, -0.25) is 0 Å². The first-order valence-corrected chi connectivity index (χ1v) is 3.19. The van der Waals surface area contributed by atoms with Crippen LogP contribution in [0.25, 0.3) is 0 Å². The van der Waals surface area contributed by atoms with E-state index in [9.17, 15) is 0 Å². The summed E-state index contributed by atoms with van der Waals surface area (Å²) in [6.45, 7) is 0.331. The highest BCUT2D eigenvalue weighted by atomic mass is 16.3. The van der Waals surface area contributed by atoms with E-state index in [-0.39, 0.29) is 0 Å². The Morgan fingerprint density at radius 2 is 2.12 bits per heavy atom. The molecule has 2 nitrogen and oxygen atoms in total. The van der Waals surface area contributed by atoms with Gasteiger partial charge in [-0.2, -0.15) is 0 Å². The number of aliphatic hydroxyl groups is 1. The molecule has 0 aromatic heterocycles. The highest BCUT2D eigenvalue weighted by Gasteiger charge is 2.24. The van der Waals surface area contributed by atoms with E-state index in [2.05, 4.69) is 0 Å². The zero-order chi connectivity index (χ0) is 5.98. The molecule has 1 aliphatic rings. The molecule has 0 saturated heterocycles. The van der Waals surface area contributed by atoms with Crippen LogP contribution in [0.2, 0.25) is 0 Å². The maximum absolute atomic E-state index is 8.45. The molecule has 48 valence electrons. The fourth-order valence-electron chi connectivity index (χ4n) is 1.21. The average molecular weight is 115 g/mol. The summed E-state index contributed by atoms with van der Waals surface area (Å²) in [7, 11) is 0. The van der Waals surface area contributed by atoms with Crippen molar-refractivity contribution in [1.29, 1.82) is 0 Å². The topological polar surface area (TPSA) is 46.2 Å². The molecule has 0 amide bonds. The third-order valence-electron chi connectivity index (χ3n) is 1.81. The maximum atomic E-state index is 8.45. The number of hydrogen-bond donors (Lipinski definition) is 2. The summed E-state index contributed by atoms with van der Waals surface area (Å²) in [5, 5.41) is 8.45. The molecule has 3 N–H and O–H groups in total. The van der Waals surface area contributed by atoms with Gasteiger partial charge in [0.2, 0.25) is 0 Å². The quantitative estimate of drug-likeness (QED) is 0.536. The molecular weight excluding hydrogens is 102 g/mol. The molecule has 2 heteroatoms. The molecule has 0 unspecified atom stereocenters. The van der Waals surface area contributed by atoms with E-state index >= 15 is 0 Å². The zero-order valence-corrected chi connectivity index (χ0v) is 5.01. The van der Waals surface area contributed by atoms with Gasteiger partial charge in [-0.05, 0) is 25.2 Å². The third-order valence-corrected chi connectivity index (χ3v) is 1.81. The molecule has 0 atom stereocenters. The van der Waals surface area contributed by atoms with Crippen LogP contribution in [0.4, 0.5) is 0 Å². The Kier molecular flexibility index (Phi) is 1.86. The van der Waals surface area contributed by atoms with Crippen LogP contribution in [-0.2, 0) is 0 Å². The predicted octanol–water partition coefficient (Wildman–Crippen LogP) is 0.106. The summed E-state index contributed by atoms with van der Waals surface area (Å²) in [5.74, 6) is 0.731. The molecule has 0 spiro atoms. The monoisotopic (exact) mass is 115 g/mol. The lowest BCUT2D eigenvalue weighted by Crippen LogP contribution is -2.36. The average Bonchev–Trinajstić information content (AvgIpc) is 1.64. The van der Waals surface area contributed by atoms with Gasteiger partial charge in [-0.1, -0.05) is 0 Å². The Morgan fingerprint density at radius 3 is 2.50 bits per heavy atom. The van der Waals surface area contributed by atoms with Gasteiger partial charge < -0.3 is 10.8 Å². The Labute approximate surface area is 49.7 Å². The van der Waals surface area contributed by atoms with Crippen molar-refractivity contribution in [2.75, 3.05) is 6.61 Å². The predicted molar refractivity (Wildman–Crippen MR) is 32.4 cm³/mol. The normalized spacial score (nSPS) is 36.8. The first-order valence-electron chi connectivity index (χ1n) is 3.19. The lowest BCUT2D eigenvalue weighted by Gasteiger charge is -2.31. The molecule has 0 heterocycles. The van der Waals surface area contributed by atoms with E-state index in [0.717, 1.165) is 25.2 Å². The van der Waals surface area contributed by atoms with Crippen LogP contribution >= 0.6 is 0 Å². The molecule has 8 heavy (non-hydrogen) atoms. The lowest BCUT2D eigenvalue weighted by atomic mass is 9.79. The summed E-state index contributed by atoms with van der Waals surface area (Å²) in [6.07, 6.45) is 3.20. The molecular formula is C6H13NO. The van der Waals surface area contributed by atoms with Crippen molar-refractivity contribution >= 4 is 0 Å². The lowest BCUT2D eigenvalue weighted by molar-refractivity contribution is 0.188. The maximum Gasteiger partial charge on any atom is 0.0433 e. The van der Waals surface area contributed by atoms with Gasteiger partial charge in [-0.15, -0.1) is 0 Å². The van der Waals surface area contributed by atoms with Crippen LogP contribution in [-0.4, -0.2) is 17.8 Å². The van der Waals surface area contributed by atoms with E-state index in [0.29, 0.717) is 12.6 Å². The van der Waals surface area contributed by atoms with Crippen LogP contribution in [0.5, 0.6) is 0 Å². The van der Waals surface area contributed by atoms with Crippen molar-refractivity contribution in [3.8, 4) is 0 Å². The zero-order valence-electron chi connectivity index (χ0n) is 5.01. The van der Waals surface area contributed by atoms with E-state index < -0.39 is 0 Å². The molecule has 1 aliphatic carbocycles. The molecule has 1 rings (SSSR count). The summed E-state index contributed by atoms with van der Waals surface area (Å²) in [6, 6.07) is 0.437. The fourth-order valence-corrected chi connectivity index (χ4v) is 1.21. The molecule has 0 bridgehead atoms. The Hall–Kier alpha value is -0.0800. The SMILES string of the molecule is NC1CC(CCO)C1. The standard InChI is InChI=1S/C6H13NO/c7-6-3-5(4-6)1-2-8/h5-6,8H,1-4,7H2. The number of rotatable bonds is 2. The first kappa shape index (κ1) is 6.05. The van der Waals surface area contributed by atoms with Gasteiger partial charge in [0.05, 0.1) is 0 Å². The van der Waals surface area contributed by atoms with Gasteiger partial charge in [0, 0.05) is 12.6 Å². The van der Waals surface area contributed by atoms with Crippen molar-refractivity contribution in [3.05, 3.63) is 0 Å². The number of nitrogens with two attached hydrogens (primary N) is 1. The van der Waals surface area contributed by atoms with Gasteiger partial charge in [-0.25, -0.2) is 0 Å². The number of hydrogen-bond acceptors (Lipinski definition) is 2. The van der Waals surface area contributed by atoms with Gasteiger partial charge >= 0.3 is 0 Å². The molecule has 0 aromatic rings. The van der Waals surface area contributed by atoms with Gasteiger partial charge in [0.15, 0.2) is 0 Å². The summed E-state index contributed by atoms with van der Waals surface area (Å²) >= 11 is 0. The van der Waals surface area contributed by atoms with Crippen molar-refractivity contribution in [2.24, 2.45) is 11.7 Å². The second kappa shape index (κ2) is 2.46. The highest BCUT2D eigenvalue weighted by Crippen LogP contribution is 2.27. The molecule has 0 radical (unpaired) electrons. The van der Waals surface area contributed by atoms with Crippen LogP contribution in [0.1, 0.15) is 19.3 Å². The van der Waals surface area contributed by atoms with Crippen LogP contribution < -0.4 is 5.73 Å². The second-order valence-corrected chi connectivity index (χ2v) is 2.61. The van der Waals surface area contributed by atoms with Crippen molar-refractivity contribution in [3.63, 3.8) is 0 Å². The van der Waals surface area contributed by atoms with E-state index in [1.165, 1.54) is 0 Å². The minimum Gasteiger partial charge on any atom is -0.396 e. The van der Waals surface area contributed by atoms with Crippen molar-refractivity contribution < 1.29 is 5.11 Å². The molecule has 1 fully saturated rings. The molecule has 0 aromatic carbocycles. The van der Waals surface area contributed by atoms with Crippen molar-refractivity contribution in [2.45, 2.75) is 25.3 Å². The molecule has 0 aliphatic heterocycles. The summed E-state index contributed by atoms with van der Waals surface area (Å²) < 4.78 is 0. The fraction of sp³-hybridized carbons (Fsp3) is 1.00. The van der Waals surface area contributed by atoms with E-state index in [1.54, 1.807) is 0 Å². The Morgan fingerprint density at radius 1 is 1.50 bits per heavy atom. The van der Waals surface area contributed by atoms with Gasteiger partial charge in [0.1, 0.15) is 0 Å². The Bertz CT molecular complexity index is 66.2. The van der Waals surface area contributed by atoms with E-state index in [4.69, 9.17) is 10.8 Å². The van der Waals surface area contributed by atoms with Gasteiger partial charge in [0.25, 0.3) is 0 Å². The van der Waals surface area contributed by atoms with Crippen molar-refractivity contribution in [1.82, 2.24) is 0 Å². The Balaban J connectivity index is 1.98. The molecule has 1 saturated carbocycles. The van der Waals surface area contributed by atoms with Crippen LogP contribution in [0, 0.1) is 5.92 Å². The minimum absolute atomic E-state index is 0.331. The number of aliphatic hydroxyl groups excluding tert-OH is 1. The highest BCUT2D eigenvalue weighted by molar-refractivity contribution is 4.81. The second-order valence-electron chi connectivity index (χ2n) is 2.61. The first-order chi connectivity index (χ1) is 3.83. The third kappa shape index (κ3) is 1.20. The van der Waals surface area contributed by atoms with E-state index in [1.807, 2.05) is 0 Å². The summed E-state index contributed by atoms with van der Waals surface area (Å²) in [4.78, 5) is 0. The largest absolute Gasteiger partial charge is 0.396 e. The van der Waals surface area contributed by atoms with Crippen LogP contribution in [0.3, 0.4) is 0 Å². The van der Waals surface area contributed by atoms with Crippen LogP contribution in [0.15, 0.2) is 0 Å². The minimum atomic E-state index is 0.331. The summed E-state index contributed by atoms with van der Waals surface area (Å²) in [5.41, 5.74) is 5.52. The smallest absolute Gasteiger partial charge is 0.0433 e.